The van der Waals surface area contributed by atoms with E-state index in [2.05, 4.69) is 5.32 Å². The second-order valence-electron chi connectivity index (χ2n) is 5.75. The van der Waals surface area contributed by atoms with Gasteiger partial charge in [0, 0.05) is 37.9 Å². The van der Waals surface area contributed by atoms with Gasteiger partial charge >= 0.3 is 6.03 Å². The van der Waals surface area contributed by atoms with Crippen LogP contribution in [0, 0.1) is 0 Å². The molecule has 3 heterocycles. The highest BCUT2D eigenvalue weighted by Gasteiger charge is 2.26. The number of furan rings is 1. The number of rotatable bonds is 2. The fourth-order valence-electron chi connectivity index (χ4n) is 2.85. The van der Waals surface area contributed by atoms with Crippen molar-refractivity contribution < 1.29 is 23.5 Å². The molecule has 0 saturated carbocycles. The summed E-state index contributed by atoms with van der Waals surface area (Å²) < 4.78 is 15.7. The van der Waals surface area contributed by atoms with Gasteiger partial charge in [0.1, 0.15) is 0 Å². The van der Waals surface area contributed by atoms with Gasteiger partial charge in [-0.1, -0.05) is 0 Å². The number of fused-ring (bicyclic) bond motifs is 1. The van der Waals surface area contributed by atoms with Gasteiger partial charge < -0.3 is 29.0 Å². The molecule has 0 bridgehead atoms. The minimum Gasteiger partial charge on any atom is -0.459 e. The Morgan fingerprint density at radius 3 is 2.48 bits per heavy atom. The zero-order valence-electron chi connectivity index (χ0n) is 13.4. The van der Waals surface area contributed by atoms with Crippen LogP contribution in [0.1, 0.15) is 10.6 Å². The summed E-state index contributed by atoms with van der Waals surface area (Å²) in [5.74, 6) is 1.45. The lowest BCUT2D eigenvalue weighted by Crippen LogP contribution is -2.51. The monoisotopic (exact) mass is 343 g/mol. The quantitative estimate of drug-likeness (QED) is 0.901. The summed E-state index contributed by atoms with van der Waals surface area (Å²) in [6, 6.07) is 8.38. The SMILES string of the molecule is O=C(Nc1ccc2c(c1)OCO2)N1CCN(C(=O)c2ccco2)CC1. The molecule has 8 nitrogen and oxygen atoms in total. The van der Waals surface area contributed by atoms with Crippen LogP contribution < -0.4 is 14.8 Å². The maximum Gasteiger partial charge on any atom is 0.321 e. The molecule has 2 aromatic rings. The number of carbonyl (C=O) groups excluding carboxylic acids is 2. The highest BCUT2D eigenvalue weighted by molar-refractivity contribution is 5.92. The Kier molecular flexibility index (Phi) is 3.93. The zero-order chi connectivity index (χ0) is 17.2. The zero-order valence-corrected chi connectivity index (χ0v) is 13.4. The lowest BCUT2D eigenvalue weighted by atomic mass is 10.2. The van der Waals surface area contributed by atoms with Gasteiger partial charge in [-0.2, -0.15) is 0 Å². The number of hydrogen-bond acceptors (Lipinski definition) is 5. The van der Waals surface area contributed by atoms with Gasteiger partial charge in [0.15, 0.2) is 17.3 Å². The van der Waals surface area contributed by atoms with Crippen LogP contribution in [0.5, 0.6) is 11.5 Å². The lowest BCUT2D eigenvalue weighted by Gasteiger charge is -2.34. The number of urea groups is 1. The van der Waals surface area contributed by atoms with Gasteiger partial charge in [-0.05, 0) is 24.3 Å². The molecule has 4 rings (SSSR count). The minimum absolute atomic E-state index is 0.152. The number of nitrogens with one attached hydrogen (secondary N) is 1. The normalized spacial score (nSPS) is 16.0. The Bertz CT molecular complexity index is 782. The molecular formula is C17H17N3O5. The summed E-state index contributed by atoms with van der Waals surface area (Å²) in [5, 5.41) is 2.84. The summed E-state index contributed by atoms with van der Waals surface area (Å²) in [7, 11) is 0. The average Bonchev–Trinajstić information content (AvgIpc) is 3.32. The van der Waals surface area contributed by atoms with E-state index in [1.807, 2.05) is 0 Å². The van der Waals surface area contributed by atoms with Gasteiger partial charge in [0.25, 0.3) is 5.91 Å². The molecule has 0 aliphatic carbocycles. The van der Waals surface area contributed by atoms with Gasteiger partial charge in [0.2, 0.25) is 6.79 Å². The number of piperazine rings is 1. The van der Waals surface area contributed by atoms with Crippen LogP contribution in [0.4, 0.5) is 10.5 Å². The van der Waals surface area contributed by atoms with E-state index in [1.54, 1.807) is 40.1 Å². The smallest absolute Gasteiger partial charge is 0.321 e. The summed E-state index contributed by atoms with van der Waals surface area (Å²) >= 11 is 0. The van der Waals surface area contributed by atoms with Gasteiger partial charge in [0.05, 0.1) is 6.26 Å². The highest BCUT2D eigenvalue weighted by Crippen LogP contribution is 2.34. The predicted molar refractivity (Wildman–Crippen MR) is 87.8 cm³/mol. The summed E-state index contributed by atoms with van der Waals surface area (Å²) in [6.45, 7) is 2.05. The van der Waals surface area contributed by atoms with Crippen LogP contribution in [0.25, 0.3) is 0 Å². The van der Waals surface area contributed by atoms with Crippen molar-refractivity contribution in [3.05, 3.63) is 42.4 Å². The van der Waals surface area contributed by atoms with Crippen molar-refractivity contribution in [2.24, 2.45) is 0 Å². The highest BCUT2D eigenvalue weighted by atomic mass is 16.7. The molecule has 0 spiro atoms. The molecule has 8 heteroatoms. The molecule has 25 heavy (non-hydrogen) atoms. The van der Waals surface area contributed by atoms with E-state index in [0.29, 0.717) is 49.1 Å². The topological polar surface area (TPSA) is 84.3 Å². The van der Waals surface area contributed by atoms with Crippen molar-refractivity contribution >= 4 is 17.6 Å². The molecule has 1 aromatic carbocycles. The predicted octanol–water partition coefficient (Wildman–Crippen LogP) is 2.00. The second kappa shape index (κ2) is 6.39. The maximum absolute atomic E-state index is 12.4. The van der Waals surface area contributed by atoms with E-state index in [4.69, 9.17) is 13.9 Å². The Balaban J connectivity index is 1.33. The molecular weight excluding hydrogens is 326 g/mol. The van der Waals surface area contributed by atoms with Crippen LogP contribution >= 0.6 is 0 Å². The van der Waals surface area contributed by atoms with Crippen molar-refractivity contribution in [2.45, 2.75) is 0 Å². The summed E-state index contributed by atoms with van der Waals surface area (Å²) in [6.07, 6.45) is 1.47. The lowest BCUT2D eigenvalue weighted by molar-refractivity contribution is 0.0640. The number of benzene rings is 1. The third-order valence-electron chi connectivity index (χ3n) is 4.21. The summed E-state index contributed by atoms with van der Waals surface area (Å²) in [5.41, 5.74) is 0.642. The number of amides is 3. The van der Waals surface area contributed by atoms with E-state index >= 15 is 0 Å². The maximum atomic E-state index is 12.4. The van der Waals surface area contributed by atoms with Crippen molar-refractivity contribution in [3.8, 4) is 11.5 Å². The second-order valence-corrected chi connectivity index (χ2v) is 5.75. The first-order valence-corrected chi connectivity index (χ1v) is 7.99. The Hall–Kier alpha value is -3.16. The molecule has 0 unspecified atom stereocenters. The molecule has 2 aliphatic heterocycles. The van der Waals surface area contributed by atoms with Gasteiger partial charge in [-0.25, -0.2) is 4.79 Å². The third-order valence-corrected chi connectivity index (χ3v) is 4.21. The minimum atomic E-state index is -0.205. The third kappa shape index (κ3) is 3.10. The Morgan fingerprint density at radius 1 is 0.960 bits per heavy atom. The molecule has 0 radical (unpaired) electrons. The molecule has 0 atom stereocenters. The Labute approximate surface area is 143 Å². The molecule has 2 aliphatic rings. The average molecular weight is 343 g/mol. The van der Waals surface area contributed by atoms with Crippen LogP contribution in [0.15, 0.2) is 41.0 Å². The fraction of sp³-hybridized carbons (Fsp3) is 0.294. The van der Waals surface area contributed by atoms with E-state index in [9.17, 15) is 9.59 Å². The van der Waals surface area contributed by atoms with E-state index < -0.39 is 0 Å². The first kappa shape index (κ1) is 15.4. The standard InChI is InChI=1S/C17H17N3O5/c21-16(14-2-1-9-23-14)19-5-7-20(8-6-19)17(22)18-12-3-4-13-15(10-12)25-11-24-13/h1-4,9-10H,5-8,11H2,(H,18,22). The van der Waals surface area contributed by atoms with Crippen molar-refractivity contribution in [1.29, 1.82) is 0 Å². The number of ether oxygens (including phenoxy) is 2. The van der Waals surface area contributed by atoms with E-state index in [-0.39, 0.29) is 18.7 Å². The molecule has 130 valence electrons. The van der Waals surface area contributed by atoms with Crippen LogP contribution in [0.2, 0.25) is 0 Å². The first-order chi connectivity index (χ1) is 12.2. The number of anilines is 1. The molecule has 1 fully saturated rings. The van der Waals surface area contributed by atoms with Crippen molar-refractivity contribution in [1.82, 2.24) is 9.80 Å². The Morgan fingerprint density at radius 2 is 1.72 bits per heavy atom. The first-order valence-electron chi connectivity index (χ1n) is 7.99. The van der Waals surface area contributed by atoms with Crippen LogP contribution in [-0.4, -0.2) is 54.7 Å². The van der Waals surface area contributed by atoms with Crippen LogP contribution in [-0.2, 0) is 0 Å². The van der Waals surface area contributed by atoms with E-state index in [1.165, 1.54) is 6.26 Å². The van der Waals surface area contributed by atoms with Crippen molar-refractivity contribution in [3.63, 3.8) is 0 Å². The number of carbonyl (C=O) groups is 2. The largest absolute Gasteiger partial charge is 0.459 e. The fourth-order valence-corrected chi connectivity index (χ4v) is 2.85. The van der Waals surface area contributed by atoms with Crippen molar-refractivity contribution in [2.75, 3.05) is 38.3 Å². The molecule has 1 aromatic heterocycles. The number of hydrogen-bond donors (Lipinski definition) is 1. The van der Waals surface area contributed by atoms with Crippen LogP contribution in [0.3, 0.4) is 0 Å². The van der Waals surface area contributed by atoms with Gasteiger partial charge in [-0.3, -0.25) is 4.79 Å². The molecule has 3 amide bonds. The number of nitrogens with zero attached hydrogens (tertiary/aromatic N) is 2. The summed E-state index contributed by atoms with van der Waals surface area (Å²) in [4.78, 5) is 28.0. The molecule has 1 N–H and O–H groups in total. The van der Waals surface area contributed by atoms with Gasteiger partial charge in [-0.15, -0.1) is 0 Å². The molecule has 1 saturated heterocycles. The van der Waals surface area contributed by atoms with E-state index in [0.717, 1.165) is 0 Å².